The summed E-state index contributed by atoms with van der Waals surface area (Å²) in [6.45, 7) is 4.00. The predicted molar refractivity (Wildman–Crippen MR) is 57.5 cm³/mol. The zero-order chi connectivity index (χ0) is 10.8. The molecule has 1 N–H and O–H groups in total. The Labute approximate surface area is 88.6 Å². The fourth-order valence-electron chi connectivity index (χ4n) is 1.42. The summed E-state index contributed by atoms with van der Waals surface area (Å²) >= 11 is 0. The van der Waals surface area contributed by atoms with Gasteiger partial charge in [0.1, 0.15) is 0 Å². The number of nitrogens with zero attached hydrogens (tertiary/aromatic N) is 3. The molecule has 2 heterocycles. The van der Waals surface area contributed by atoms with Gasteiger partial charge in [0.15, 0.2) is 5.65 Å². The van der Waals surface area contributed by atoms with E-state index in [2.05, 4.69) is 10.1 Å². The Morgan fingerprint density at radius 1 is 1.40 bits per heavy atom. The minimum Gasteiger partial charge on any atom is -0.392 e. The molecule has 0 aliphatic heterocycles. The third-order valence-electron chi connectivity index (χ3n) is 2.50. The molecule has 0 aliphatic carbocycles. The second-order valence-corrected chi connectivity index (χ2v) is 4.07. The monoisotopic (exact) mass is 205 g/mol. The van der Waals surface area contributed by atoms with Crippen LogP contribution in [0, 0.1) is 5.92 Å². The van der Waals surface area contributed by atoms with Crippen LogP contribution in [0.1, 0.15) is 19.5 Å². The molecule has 2 aromatic heterocycles. The molecule has 80 valence electrons. The highest BCUT2D eigenvalue weighted by Crippen LogP contribution is 2.09. The highest BCUT2D eigenvalue weighted by molar-refractivity contribution is 5.36. The molecule has 0 aliphatic rings. The summed E-state index contributed by atoms with van der Waals surface area (Å²) in [5.41, 5.74) is 1.73. The lowest BCUT2D eigenvalue weighted by Gasteiger charge is -2.13. The Morgan fingerprint density at radius 2 is 2.20 bits per heavy atom. The van der Waals surface area contributed by atoms with Crippen molar-refractivity contribution in [1.29, 1.82) is 0 Å². The number of hydrogen-bond acceptors (Lipinski definition) is 3. The Balaban J connectivity index is 2.21. The van der Waals surface area contributed by atoms with Gasteiger partial charge in [0, 0.05) is 24.4 Å². The minimum atomic E-state index is -0.331. The van der Waals surface area contributed by atoms with Gasteiger partial charge in [0.2, 0.25) is 0 Å². The van der Waals surface area contributed by atoms with Crippen molar-refractivity contribution in [3.8, 4) is 0 Å². The highest BCUT2D eigenvalue weighted by Gasteiger charge is 2.11. The van der Waals surface area contributed by atoms with Crippen LogP contribution in [-0.4, -0.2) is 25.8 Å². The Bertz CT molecular complexity index is 450. The fraction of sp³-hybridized carbons (Fsp3) is 0.455. The standard InChI is InChI=1S/C11H15N3O/c1-8(2)10(15)7-9-4-6-14-11(13-9)3-5-12-14/h3-6,8,10,15H,7H2,1-2H3. The van der Waals surface area contributed by atoms with Crippen LogP contribution in [0.5, 0.6) is 0 Å². The van der Waals surface area contributed by atoms with Crippen molar-refractivity contribution in [2.45, 2.75) is 26.4 Å². The van der Waals surface area contributed by atoms with Crippen molar-refractivity contribution in [2.75, 3.05) is 0 Å². The molecule has 2 aromatic rings. The van der Waals surface area contributed by atoms with E-state index in [1.165, 1.54) is 0 Å². The first-order valence-corrected chi connectivity index (χ1v) is 5.14. The Hall–Kier alpha value is -1.42. The molecule has 0 saturated heterocycles. The van der Waals surface area contributed by atoms with Crippen molar-refractivity contribution in [3.05, 3.63) is 30.2 Å². The number of aliphatic hydroxyl groups is 1. The maximum Gasteiger partial charge on any atom is 0.155 e. The summed E-state index contributed by atoms with van der Waals surface area (Å²) in [6, 6.07) is 3.75. The van der Waals surface area contributed by atoms with Gasteiger partial charge in [-0.1, -0.05) is 13.8 Å². The molecule has 0 bridgehead atoms. The van der Waals surface area contributed by atoms with Crippen LogP contribution in [0.3, 0.4) is 0 Å². The van der Waals surface area contributed by atoms with Gasteiger partial charge in [-0.25, -0.2) is 9.50 Å². The number of hydrogen-bond donors (Lipinski definition) is 1. The van der Waals surface area contributed by atoms with Gasteiger partial charge in [-0.05, 0) is 12.0 Å². The first-order valence-electron chi connectivity index (χ1n) is 5.14. The maximum atomic E-state index is 9.74. The van der Waals surface area contributed by atoms with E-state index >= 15 is 0 Å². The minimum absolute atomic E-state index is 0.257. The van der Waals surface area contributed by atoms with Crippen molar-refractivity contribution in [1.82, 2.24) is 14.6 Å². The van der Waals surface area contributed by atoms with Crippen molar-refractivity contribution in [3.63, 3.8) is 0 Å². The maximum absolute atomic E-state index is 9.74. The van der Waals surface area contributed by atoms with E-state index in [-0.39, 0.29) is 12.0 Å². The smallest absolute Gasteiger partial charge is 0.155 e. The lowest BCUT2D eigenvalue weighted by molar-refractivity contribution is 0.125. The van der Waals surface area contributed by atoms with Crippen LogP contribution in [0.4, 0.5) is 0 Å². The molecular formula is C11H15N3O. The van der Waals surface area contributed by atoms with Gasteiger partial charge < -0.3 is 5.11 Å². The van der Waals surface area contributed by atoms with Crippen molar-refractivity contribution < 1.29 is 5.11 Å². The molecule has 4 nitrogen and oxygen atoms in total. The van der Waals surface area contributed by atoms with Crippen LogP contribution in [0.15, 0.2) is 24.5 Å². The van der Waals surface area contributed by atoms with E-state index in [1.807, 2.05) is 32.2 Å². The topological polar surface area (TPSA) is 50.4 Å². The zero-order valence-electron chi connectivity index (χ0n) is 8.96. The summed E-state index contributed by atoms with van der Waals surface area (Å²) < 4.78 is 1.71. The normalized spacial score (nSPS) is 13.6. The van der Waals surface area contributed by atoms with E-state index in [0.29, 0.717) is 6.42 Å². The van der Waals surface area contributed by atoms with Gasteiger partial charge >= 0.3 is 0 Å². The average Bonchev–Trinajstić information content (AvgIpc) is 2.64. The molecule has 1 atom stereocenters. The fourth-order valence-corrected chi connectivity index (χ4v) is 1.42. The summed E-state index contributed by atoms with van der Waals surface area (Å²) in [7, 11) is 0. The number of rotatable bonds is 3. The second kappa shape index (κ2) is 3.98. The molecule has 0 amide bonds. The van der Waals surface area contributed by atoms with Gasteiger partial charge in [-0.3, -0.25) is 0 Å². The van der Waals surface area contributed by atoms with E-state index in [1.54, 1.807) is 10.7 Å². The lowest BCUT2D eigenvalue weighted by Crippen LogP contribution is -2.18. The first-order chi connectivity index (χ1) is 7.16. The largest absolute Gasteiger partial charge is 0.392 e. The quantitative estimate of drug-likeness (QED) is 0.821. The van der Waals surface area contributed by atoms with E-state index in [4.69, 9.17) is 0 Å². The molecule has 0 aromatic carbocycles. The van der Waals surface area contributed by atoms with Crippen molar-refractivity contribution >= 4 is 5.65 Å². The van der Waals surface area contributed by atoms with Gasteiger partial charge in [0.25, 0.3) is 0 Å². The van der Waals surface area contributed by atoms with Crippen LogP contribution in [0.2, 0.25) is 0 Å². The van der Waals surface area contributed by atoms with E-state index < -0.39 is 0 Å². The highest BCUT2D eigenvalue weighted by atomic mass is 16.3. The molecule has 0 radical (unpaired) electrons. The van der Waals surface area contributed by atoms with E-state index in [0.717, 1.165) is 11.3 Å². The second-order valence-electron chi connectivity index (χ2n) is 4.07. The van der Waals surface area contributed by atoms with Crippen LogP contribution < -0.4 is 0 Å². The summed E-state index contributed by atoms with van der Waals surface area (Å²) in [4.78, 5) is 4.40. The average molecular weight is 205 g/mol. The lowest BCUT2D eigenvalue weighted by atomic mass is 10.0. The number of aromatic nitrogens is 3. The van der Waals surface area contributed by atoms with Crippen LogP contribution in [0.25, 0.3) is 5.65 Å². The first kappa shape index (κ1) is 10.1. The van der Waals surface area contributed by atoms with Crippen molar-refractivity contribution in [2.24, 2.45) is 5.92 Å². The summed E-state index contributed by atoms with van der Waals surface area (Å²) in [5, 5.41) is 13.8. The molecule has 2 rings (SSSR count). The molecule has 15 heavy (non-hydrogen) atoms. The molecule has 1 unspecified atom stereocenters. The Kier molecular flexibility index (Phi) is 2.68. The number of fused-ring (bicyclic) bond motifs is 1. The van der Waals surface area contributed by atoms with Gasteiger partial charge in [-0.15, -0.1) is 0 Å². The summed E-state index contributed by atoms with van der Waals surface area (Å²) in [5.74, 6) is 0.257. The summed E-state index contributed by atoms with van der Waals surface area (Å²) in [6.07, 6.45) is 3.84. The van der Waals surface area contributed by atoms with Crippen LogP contribution >= 0.6 is 0 Å². The molecule has 4 heteroatoms. The predicted octanol–water partition coefficient (Wildman–Crippen LogP) is 1.29. The molecular weight excluding hydrogens is 190 g/mol. The van der Waals surface area contributed by atoms with Gasteiger partial charge in [0.05, 0.1) is 12.3 Å². The zero-order valence-corrected chi connectivity index (χ0v) is 8.96. The molecule has 0 saturated carbocycles. The Morgan fingerprint density at radius 3 is 2.93 bits per heavy atom. The molecule has 0 fully saturated rings. The van der Waals surface area contributed by atoms with E-state index in [9.17, 15) is 5.11 Å². The third-order valence-corrected chi connectivity index (χ3v) is 2.50. The number of aliphatic hydroxyl groups excluding tert-OH is 1. The third kappa shape index (κ3) is 2.15. The van der Waals surface area contributed by atoms with Gasteiger partial charge in [-0.2, -0.15) is 5.10 Å². The van der Waals surface area contributed by atoms with Crippen LogP contribution in [-0.2, 0) is 6.42 Å². The molecule has 0 spiro atoms. The SMILES string of the molecule is CC(C)C(O)Cc1ccn2nccc2n1.